The van der Waals surface area contributed by atoms with Crippen LogP contribution in [0.4, 0.5) is 0 Å². The predicted molar refractivity (Wildman–Crippen MR) is 61.8 cm³/mol. The Hall–Kier alpha value is -1.69. The molecule has 0 unspecified atom stereocenters. The second-order valence-corrected chi connectivity index (χ2v) is 3.84. The Labute approximate surface area is 96.7 Å². The van der Waals surface area contributed by atoms with Gasteiger partial charge in [0.2, 0.25) is 0 Å². The summed E-state index contributed by atoms with van der Waals surface area (Å²) in [6.07, 6.45) is 2.38. The molecule has 0 aliphatic heterocycles. The molecule has 2 N–H and O–H groups in total. The van der Waals surface area contributed by atoms with E-state index in [4.69, 9.17) is 17.3 Å². The molecule has 0 saturated heterocycles. The van der Waals surface area contributed by atoms with Crippen molar-refractivity contribution >= 4 is 29.4 Å². The zero-order valence-electron chi connectivity index (χ0n) is 8.51. The number of H-pyrrole nitrogens is 1. The van der Waals surface area contributed by atoms with E-state index in [0.717, 1.165) is 11.2 Å². The number of rotatable bonds is 4. The molecule has 2 aromatic heterocycles. The minimum absolute atomic E-state index is 0.140. The standard InChI is InChI=1S/C10H11N3O2S/c14-8(15)4-2-6-13-9-7(12-10(13)16)3-1-5-11-9/h1,3,5H,2,4,6H2,(H,12,16)(H,14,15). The van der Waals surface area contributed by atoms with Gasteiger partial charge in [0.1, 0.15) is 0 Å². The lowest BCUT2D eigenvalue weighted by Crippen LogP contribution is -2.02. The molecule has 6 heteroatoms. The topological polar surface area (TPSA) is 70.9 Å². The maximum absolute atomic E-state index is 10.4. The van der Waals surface area contributed by atoms with Crippen molar-refractivity contribution in [2.24, 2.45) is 0 Å². The number of hydrogen-bond donors (Lipinski definition) is 2. The van der Waals surface area contributed by atoms with Crippen molar-refractivity contribution in [3.05, 3.63) is 23.1 Å². The molecule has 2 rings (SSSR count). The fourth-order valence-electron chi connectivity index (χ4n) is 1.58. The molecule has 0 spiro atoms. The van der Waals surface area contributed by atoms with Crippen molar-refractivity contribution < 1.29 is 9.90 Å². The molecule has 0 radical (unpaired) electrons. The summed E-state index contributed by atoms with van der Waals surface area (Å²) in [5.74, 6) is -0.792. The lowest BCUT2D eigenvalue weighted by molar-refractivity contribution is -0.137. The van der Waals surface area contributed by atoms with Crippen LogP contribution in [0.5, 0.6) is 0 Å². The van der Waals surface area contributed by atoms with Gasteiger partial charge in [-0.15, -0.1) is 0 Å². The summed E-state index contributed by atoms with van der Waals surface area (Å²) in [6, 6.07) is 3.72. The summed E-state index contributed by atoms with van der Waals surface area (Å²) < 4.78 is 2.41. The van der Waals surface area contributed by atoms with Gasteiger partial charge in [-0.2, -0.15) is 0 Å². The second-order valence-electron chi connectivity index (χ2n) is 3.45. The molecule has 2 aromatic rings. The average Bonchev–Trinajstić information content (AvgIpc) is 2.55. The second kappa shape index (κ2) is 4.44. The van der Waals surface area contributed by atoms with Crippen LogP contribution in [0.2, 0.25) is 0 Å². The fourth-order valence-corrected chi connectivity index (χ4v) is 1.87. The van der Waals surface area contributed by atoms with E-state index in [1.54, 1.807) is 6.20 Å². The Morgan fingerprint density at radius 3 is 3.19 bits per heavy atom. The summed E-state index contributed by atoms with van der Waals surface area (Å²) in [7, 11) is 0. The molecule has 16 heavy (non-hydrogen) atoms. The molecule has 84 valence electrons. The van der Waals surface area contributed by atoms with Crippen molar-refractivity contribution in [3.8, 4) is 0 Å². The third-order valence-corrected chi connectivity index (χ3v) is 2.62. The van der Waals surface area contributed by atoms with E-state index < -0.39 is 5.97 Å². The number of aromatic nitrogens is 3. The van der Waals surface area contributed by atoms with E-state index in [-0.39, 0.29) is 6.42 Å². The van der Waals surface area contributed by atoms with Gasteiger partial charge in [-0.1, -0.05) is 0 Å². The first kappa shape index (κ1) is 10.8. The predicted octanol–water partition coefficient (Wildman–Crippen LogP) is 1.96. The van der Waals surface area contributed by atoms with Crippen LogP contribution < -0.4 is 0 Å². The van der Waals surface area contributed by atoms with Crippen LogP contribution in [0.15, 0.2) is 18.3 Å². The summed E-state index contributed by atoms with van der Waals surface area (Å²) in [4.78, 5) is 17.7. The number of carbonyl (C=O) groups is 1. The van der Waals surface area contributed by atoms with E-state index in [1.165, 1.54) is 0 Å². The number of aromatic amines is 1. The average molecular weight is 237 g/mol. The van der Waals surface area contributed by atoms with E-state index >= 15 is 0 Å². The monoisotopic (exact) mass is 237 g/mol. The largest absolute Gasteiger partial charge is 0.481 e. The van der Waals surface area contributed by atoms with E-state index in [1.807, 2.05) is 16.7 Å². The highest BCUT2D eigenvalue weighted by Crippen LogP contribution is 2.11. The van der Waals surface area contributed by atoms with Gasteiger partial charge in [-0.3, -0.25) is 4.79 Å². The molecule has 0 saturated carbocycles. The summed E-state index contributed by atoms with van der Waals surface area (Å²) >= 11 is 5.15. The van der Waals surface area contributed by atoms with E-state index in [0.29, 0.717) is 17.7 Å². The van der Waals surface area contributed by atoms with Crippen LogP contribution in [0, 0.1) is 4.77 Å². The van der Waals surface area contributed by atoms with Crippen molar-refractivity contribution in [3.63, 3.8) is 0 Å². The fraction of sp³-hybridized carbons (Fsp3) is 0.300. The molecule has 0 amide bonds. The van der Waals surface area contributed by atoms with Gasteiger partial charge in [-0.05, 0) is 30.8 Å². The third kappa shape index (κ3) is 2.11. The minimum atomic E-state index is -0.792. The quantitative estimate of drug-likeness (QED) is 0.797. The van der Waals surface area contributed by atoms with Crippen LogP contribution in [0.1, 0.15) is 12.8 Å². The highest BCUT2D eigenvalue weighted by molar-refractivity contribution is 7.71. The van der Waals surface area contributed by atoms with Gasteiger partial charge >= 0.3 is 5.97 Å². The molecule has 2 heterocycles. The molecule has 0 aliphatic rings. The van der Waals surface area contributed by atoms with Crippen LogP contribution >= 0.6 is 12.2 Å². The van der Waals surface area contributed by atoms with Gasteiger partial charge in [-0.25, -0.2) is 4.98 Å². The van der Waals surface area contributed by atoms with Crippen molar-refractivity contribution in [1.29, 1.82) is 0 Å². The van der Waals surface area contributed by atoms with Gasteiger partial charge < -0.3 is 14.7 Å². The molecule has 0 aromatic carbocycles. The van der Waals surface area contributed by atoms with Gasteiger partial charge in [0.05, 0.1) is 5.52 Å². The Morgan fingerprint density at radius 2 is 2.44 bits per heavy atom. The third-order valence-electron chi connectivity index (χ3n) is 2.30. The molecule has 0 aliphatic carbocycles. The number of nitrogens with one attached hydrogen (secondary N) is 1. The van der Waals surface area contributed by atoms with Crippen molar-refractivity contribution in [2.45, 2.75) is 19.4 Å². The Balaban J connectivity index is 2.26. The zero-order valence-corrected chi connectivity index (χ0v) is 9.33. The van der Waals surface area contributed by atoms with Crippen LogP contribution in [0.3, 0.4) is 0 Å². The lowest BCUT2D eigenvalue weighted by Gasteiger charge is -2.01. The lowest BCUT2D eigenvalue weighted by atomic mass is 10.3. The minimum Gasteiger partial charge on any atom is -0.481 e. The number of carboxylic acids is 1. The number of carboxylic acid groups (broad SMARTS) is 1. The molecular formula is C10H11N3O2S. The van der Waals surface area contributed by atoms with Crippen molar-refractivity contribution in [1.82, 2.24) is 14.5 Å². The summed E-state index contributed by atoms with van der Waals surface area (Å²) in [6.45, 7) is 0.572. The maximum atomic E-state index is 10.4. The maximum Gasteiger partial charge on any atom is 0.303 e. The summed E-state index contributed by atoms with van der Waals surface area (Å²) in [5, 5.41) is 8.57. The van der Waals surface area contributed by atoms with Crippen LogP contribution in [0.25, 0.3) is 11.2 Å². The SMILES string of the molecule is O=C(O)CCCn1c(=S)[nH]c2cccnc21. The highest BCUT2D eigenvalue weighted by Gasteiger charge is 2.05. The Kier molecular flexibility index (Phi) is 3.00. The molecule has 0 bridgehead atoms. The first-order chi connectivity index (χ1) is 7.68. The number of hydrogen-bond acceptors (Lipinski definition) is 3. The number of fused-ring (bicyclic) bond motifs is 1. The van der Waals surface area contributed by atoms with Crippen LogP contribution in [-0.2, 0) is 11.3 Å². The first-order valence-corrected chi connectivity index (χ1v) is 5.34. The molecular weight excluding hydrogens is 226 g/mol. The molecule has 5 nitrogen and oxygen atoms in total. The van der Waals surface area contributed by atoms with E-state index in [9.17, 15) is 4.79 Å². The number of aryl methyl sites for hydroxylation is 1. The smallest absolute Gasteiger partial charge is 0.303 e. The molecule has 0 fully saturated rings. The van der Waals surface area contributed by atoms with Gasteiger partial charge in [0.25, 0.3) is 0 Å². The van der Waals surface area contributed by atoms with E-state index in [2.05, 4.69) is 9.97 Å². The highest BCUT2D eigenvalue weighted by atomic mass is 32.1. The Bertz CT molecular complexity index is 573. The molecule has 0 atom stereocenters. The van der Waals surface area contributed by atoms with Crippen molar-refractivity contribution in [2.75, 3.05) is 0 Å². The number of aliphatic carboxylic acids is 1. The number of pyridine rings is 1. The van der Waals surface area contributed by atoms with Crippen LogP contribution in [-0.4, -0.2) is 25.6 Å². The number of imidazole rings is 1. The zero-order chi connectivity index (χ0) is 11.5. The van der Waals surface area contributed by atoms with Gasteiger partial charge in [0, 0.05) is 19.2 Å². The van der Waals surface area contributed by atoms with Gasteiger partial charge in [0.15, 0.2) is 10.4 Å². The first-order valence-electron chi connectivity index (χ1n) is 4.94. The Morgan fingerprint density at radius 1 is 1.62 bits per heavy atom. The summed E-state index contributed by atoms with van der Waals surface area (Å²) in [5.41, 5.74) is 1.65. The number of nitrogens with zero attached hydrogens (tertiary/aromatic N) is 2. The normalized spacial score (nSPS) is 10.8.